The lowest BCUT2D eigenvalue weighted by atomic mass is 10.2. The van der Waals surface area contributed by atoms with Gasteiger partial charge in [0.2, 0.25) is 5.78 Å². The first-order chi connectivity index (χ1) is 13.8. The number of aromatic nitrogens is 6. The van der Waals surface area contributed by atoms with Gasteiger partial charge in [-0.2, -0.15) is 18.3 Å². The number of rotatable bonds is 4. The third-order valence-corrected chi connectivity index (χ3v) is 4.97. The van der Waals surface area contributed by atoms with E-state index >= 15 is 0 Å². The highest BCUT2D eigenvalue weighted by atomic mass is 79.9. The lowest BCUT2D eigenvalue weighted by molar-refractivity contribution is -0.141. The molecule has 11 heteroatoms. The SMILES string of the molecule is COc1ccc(Cn2nc(C)nc2-c2nc3nc(C(F)(F)F)ccn3c2Br)cc1. The molecule has 0 atom stereocenters. The molecule has 0 saturated carbocycles. The lowest BCUT2D eigenvalue weighted by Crippen LogP contribution is -2.08. The molecular weight excluding hydrogens is 453 g/mol. The van der Waals surface area contributed by atoms with E-state index in [0.29, 0.717) is 28.5 Å². The number of imidazole rings is 1. The van der Waals surface area contributed by atoms with Crippen molar-refractivity contribution in [3.63, 3.8) is 0 Å². The number of aryl methyl sites for hydroxylation is 1. The van der Waals surface area contributed by atoms with Gasteiger partial charge < -0.3 is 4.74 Å². The lowest BCUT2D eigenvalue weighted by Gasteiger charge is -2.06. The standard InChI is InChI=1S/C18H14BrF3N6O/c1-10-23-16(28(26-10)9-11-3-5-12(29-2)6-4-11)14-15(19)27-8-7-13(18(20,21)22)24-17(27)25-14/h3-8H,9H2,1-2H3. The fourth-order valence-electron chi connectivity index (χ4n) is 2.85. The maximum atomic E-state index is 13.0. The second-order valence-electron chi connectivity index (χ2n) is 6.22. The second-order valence-corrected chi connectivity index (χ2v) is 6.97. The second kappa shape index (κ2) is 7.14. The molecule has 150 valence electrons. The average molecular weight is 467 g/mol. The molecule has 3 aromatic heterocycles. The number of fused-ring (bicyclic) bond motifs is 1. The summed E-state index contributed by atoms with van der Waals surface area (Å²) in [6, 6.07) is 8.37. The number of hydrogen-bond acceptors (Lipinski definition) is 5. The van der Waals surface area contributed by atoms with Gasteiger partial charge in [0.1, 0.15) is 27.6 Å². The molecule has 4 aromatic rings. The van der Waals surface area contributed by atoms with Crippen molar-refractivity contribution >= 4 is 21.7 Å². The third-order valence-electron chi connectivity index (χ3n) is 4.21. The summed E-state index contributed by atoms with van der Waals surface area (Å²) < 4.78 is 47.6. The molecule has 1 aromatic carbocycles. The van der Waals surface area contributed by atoms with Crippen molar-refractivity contribution in [1.82, 2.24) is 29.1 Å². The van der Waals surface area contributed by atoms with Gasteiger partial charge >= 0.3 is 6.18 Å². The quantitative estimate of drug-likeness (QED) is 0.452. The molecule has 0 saturated heterocycles. The van der Waals surface area contributed by atoms with Crippen LogP contribution < -0.4 is 4.74 Å². The van der Waals surface area contributed by atoms with Crippen molar-refractivity contribution in [2.24, 2.45) is 0 Å². The predicted octanol–water partition coefficient (Wildman–Crippen LogP) is 4.13. The molecule has 0 radical (unpaired) electrons. The summed E-state index contributed by atoms with van der Waals surface area (Å²) >= 11 is 3.39. The van der Waals surface area contributed by atoms with E-state index in [1.807, 2.05) is 24.3 Å². The Morgan fingerprint density at radius 2 is 1.79 bits per heavy atom. The highest BCUT2D eigenvalue weighted by Gasteiger charge is 2.33. The highest BCUT2D eigenvalue weighted by molar-refractivity contribution is 9.10. The maximum absolute atomic E-state index is 13.0. The zero-order valence-electron chi connectivity index (χ0n) is 15.3. The zero-order valence-corrected chi connectivity index (χ0v) is 16.9. The fraction of sp³-hybridized carbons (Fsp3) is 0.222. The Morgan fingerprint density at radius 3 is 2.45 bits per heavy atom. The van der Waals surface area contributed by atoms with E-state index in [2.05, 4.69) is 36.0 Å². The molecule has 0 fully saturated rings. The first-order valence-electron chi connectivity index (χ1n) is 8.43. The van der Waals surface area contributed by atoms with Crippen molar-refractivity contribution in [3.05, 3.63) is 58.2 Å². The monoisotopic (exact) mass is 466 g/mol. The van der Waals surface area contributed by atoms with E-state index in [-0.39, 0.29) is 5.78 Å². The Balaban J connectivity index is 1.76. The van der Waals surface area contributed by atoms with Crippen LogP contribution in [0.4, 0.5) is 13.2 Å². The normalized spacial score (nSPS) is 11.9. The van der Waals surface area contributed by atoms with E-state index < -0.39 is 11.9 Å². The van der Waals surface area contributed by atoms with Gasteiger partial charge in [0.25, 0.3) is 0 Å². The molecule has 29 heavy (non-hydrogen) atoms. The van der Waals surface area contributed by atoms with Gasteiger partial charge in [0.15, 0.2) is 5.82 Å². The van der Waals surface area contributed by atoms with Crippen LogP contribution in [0, 0.1) is 6.92 Å². The number of ether oxygens (including phenoxy) is 1. The Hall–Kier alpha value is -2.95. The van der Waals surface area contributed by atoms with Crippen LogP contribution in [0.1, 0.15) is 17.1 Å². The Bertz CT molecular complexity index is 1180. The number of hydrogen-bond donors (Lipinski definition) is 0. The average Bonchev–Trinajstić information content (AvgIpc) is 3.20. The minimum Gasteiger partial charge on any atom is -0.497 e. The van der Waals surface area contributed by atoms with E-state index in [0.717, 1.165) is 17.4 Å². The van der Waals surface area contributed by atoms with E-state index in [9.17, 15) is 13.2 Å². The van der Waals surface area contributed by atoms with Crippen LogP contribution in [0.2, 0.25) is 0 Å². The van der Waals surface area contributed by atoms with Crippen molar-refractivity contribution in [2.75, 3.05) is 7.11 Å². The van der Waals surface area contributed by atoms with Gasteiger partial charge in [0.05, 0.1) is 13.7 Å². The molecule has 0 N–H and O–H groups in total. The van der Waals surface area contributed by atoms with Crippen molar-refractivity contribution in [2.45, 2.75) is 19.6 Å². The molecule has 0 aliphatic heterocycles. The Kier molecular flexibility index (Phi) is 4.77. The van der Waals surface area contributed by atoms with Crippen molar-refractivity contribution in [1.29, 1.82) is 0 Å². The van der Waals surface area contributed by atoms with Crippen LogP contribution in [0.5, 0.6) is 5.75 Å². The smallest absolute Gasteiger partial charge is 0.433 e. The molecule has 0 spiro atoms. The summed E-state index contributed by atoms with van der Waals surface area (Å²) in [6.45, 7) is 2.14. The van der Waals surface area contributed by atoms with E-state index in [1.54, 1.807) is 18.7 Å². The van der Waals surface area contributed by atoms with Gasteiger partial charge in [-0.25, -0.2) is 19.6 Å². The maximum Gasteiger partial charge on any atom is 0.433 e. The summed E-state index contributed by atoms with van der Waals surface area (Å²) in [7, 11) is 1.59. The van der Waals surface area contributed by atoms with Gasteiger partial charge in [-0.15, -0.1) is 0 Å². The van der Waals surface area contributed by atoms with Crippen molar-refractivity contribution in [3.8, 4) is 17.3 Å². The molecular formula is C18H14BrF3N6O. The molecule has 3 heterocycles. The number of nitrogens with zero attached hydrogens (tertiary/aromatic N) is 6. The van der Waals surface area contributed by atoms with Crippen LogP contribution in [0.3, 0.4) is 0 Å². The third kappa shape index (κ3) is 3.69. The Labute approximate surface area is 171 Å². The topological polar surface area (TPSA) is 70.1 Å². The number of methoxy groups -OCH3 is 1. The fourth-order valence-corrected chi connectivity index (χ4v) is 3.39. The summed E-state index contributed by atoms with van der Waals surface area (Å²) in [6.07, 6.45) is -3.28. The van der Waals surface area contributed by atoms with Crippen LogP contribution >= 0.6 is 15.9 Å². The van der Waals surface area contributed by atoms with Crippen molar-refractivity contribution < 1.29 is 17.9 Å². The van der Waals surface area contributed by atoms with Gasteiger partial charge in [0, 0.05) is 6.20 Å². The number of alkyl halides is 3. The first-order valence-corrected chi connectivity index (χ1v) is 9.22. The van der Waals surface area contributed by atoms with Crippen LogP contribution in [-0.2, 0) is 12.7 Å². The van der Waals surface area contributed by atoms with Crippen LogP contribution in [0.25, 0.3) is 17.3 Å². The van der Waals surface area contributed by atoms with Crippen LogP contribution in [-0.4, -0.2) is 36.2 Å². The molecule has 0 unspecified atom stereocenters. The summed E-state index contributed by atoms with van der Waals surface area (Å²) in [4.78, 5) is 12.3. The van der Waals surface area contributed by atoms with E-state index in [4.69, 9.17) is 4.74 Å². The molecule has 0 amide bonds. The number of benzene rings is 1. The molecule has 0 aliphatic rings. The Morgan fingerprint density at radius 1 is 1.07 bits per heavy atom. The van der Waals surface area contributed by atoms with Gasteiger partial charge in [-0.3, -0.25) is 4.40 Å². The zero-order chi connectivity index (χ0) is 20.8. The molecule has 0 bridgehead atoms. The molecule has 7 nitrogen and oxygen atoms in total. The van der Waals surface area contributed by atoms with E-state index in [1.165, 1.54) is 10.6 Å². The molecule has 4 rings (SSSR count). The highest BCUT2D eigenvalue weighted by Crippen LogP contribution is 2.31. The molecule has 0 aliphatic carbocycles. The predicted molar refractivity (Wildman–Crippen MR) is 102 cm³/mol. The minimum atomic E-state index is -4.55. The van der Waals surface area contributed by atoms with Crippen LogP contribution in [0.15, 0.2) is 41.1 Å². The summed E-state index contributed by atoms with van der Waals surface area (Å²) in [5.74, 6) is 1.59. The number of halogens is 4. The van der Waals surface area contributed by atoms with Gasteiger partial charge in [-0.05, 0) is 46.6 Å². The van der Waals surface area contributed by atoms with Gasteiger partial charge in [-0.1, -0.05) is 12.1 Å². The summed E-state index contributed by atoms with van der Waals surface area (Å²) in [5, 5.41) is 4.40. The summed E-state index contributed by atoms with van der Waals surface area (Å²) in [5.41, 5.74) is 0.296. The minimum absolute atomic E-state index is 0.0849. The largest absolute Gasteiger partial charge is 0.497 e. The first kappa shape index (κ1) is 19.4.